The van der Waals surface area contributed by atoms with Gasteiger partial charge in [0.25, 0.3) is 0 Å². The number of benzene rings is 2. The van der Waals surface area contributed by atoms with Crippen molar-refractivity contribution in [2.45, 2.75) is 4.90 Å². The van der Waals surface area contributed by atoms with Gasteiger partial charge in [-0.15, -0.1) is 0 Å². The molecule has 3 nitrogen and oxygen atoms in total. The summed E-state index contributed by atoms with van der Waals surface area (Å²) in [5.41, 5.74) is 1.63. The lowest BCUT2D eigenvalue weighted by molar-refractivity contribution is -0.111. The first-order valence-electron chi connectivity index (χ1n) is 6.82. The van der Waals surface area contributed by atoms with E-state index < -0.39 is 11.2 Å². The maximum Gasteiger partial charge on any atom is 0.248 e. The van der Waals surface area contributed by atoms with Crippen molar-refractivity contribution in [3.63, 3.8) is 0 Å². The van der Waals surface area contributed by atoms with E-state index >= 15 is 0 Å². The van der Waals surface area contributed by atoms with Crippen molar-refractivity contribution in [2.75, 3.05) is 11.1 Å². The largest absolute Gasteiger partial charge is 0.611 e. The molecule has 1 unspecified atom stereocenters. The molecule has 0 radical (unpaired) electrons. The van der Waals surface area contributed by atoms with E-state index in [0.717, 1.165) is 10.5 Å². The SMILES string of the molecule is C=CC[S+]([O-])c1ccc(NC(=O)C=Cc2ccccc2)cc1. The number of nitrogens with one attached hydrogen (secondary N) is 1. The third-order valence-corrected chi connectivity index (χ3v) is 4.22. The number of carbonyl (C=O) groups excluding carboxylic acids is 1. The Morgan fingerprint density at radius 1 is 1.14 bits per heavy atom. The predicted molar refractivity (Wildman–Crippen MR) is 92.0 cm³/mol. The van der Waals surface area contributed by atoms with Gasteiger partial charge in [-0.1, -0.05) is 36.9 Å². The molecule has 22 heavy (non-hydrogen) atoms. The van der Waals surface area contributed by atoms with Gasteiger partial charge in [0, 0.05) is 11.8 Å². The Morgan fingerprint density at radius 3 is 2.45 bits per heavy atom. The second-order valence-corrected chi connectivity index (χ2v) is 6.05. The maximum absolute atomic E-state index is 11.8. The Balaban J connectivity index is 1.94. The predicted octanol–water partition coefficient (Wildman–Crippen LogP) is 3.63. The molecule has 1 amide bonds. The molecule has 2 rings (SSSR count). The summed E-state index contributed by atoms with van der Waals surface area (Å²) < 4.78 is 11.8. The molecular formula is C18H17NO2S. The van der Waals surface area contributed by atoms with Gasteiger partial charge in [-0.3, -0.25) is 4.79 Å². The molecule has 1 atom stereocenters. The van der Waals surface area contributed by atoms with Crippen molar-refractivity contribution in [2.24, 2.45) is 0 Å². The molecule has 2 aromatic carbocycles. The fourth-order valence-corrected chi connectivity index (χ4v) is 2.66. The van der Waals surface area contributed by atoms with Crippen LogP contribution in [0.25, 0.3) is 6.08 Å². The Morgan fingerprint density at radius 2 is 1.82 bits per heavy atom. The number of hydrogen-bond donors (Lipinski definition) is 1. The average molecular weight is 311 g/mol. The van der Waals surface area contributed by atoms with E-state index in [1.807, 2.05) is 30.3 Å². The van der Waals surface area contributed by atoms with Gasteiger partial charge in [-0.25, -0.2) is 0 Å². The van der Waals surface area contributed by atoms with Crippen molar-refractivity contribution in [3.8, 4) is 0 Å². The molecule has 0 aliphatic carbocycles. The molecule has 0 heterocycles. The number of amides is 1. The number of rotatable bonds is 6. The van der Waals surface area contributed by atoms with Crippen LogP contribution in [-0.4, -0.2) is 16.2 Å². The van der Waals surface area contributed by atoms with Crippen molar-refractivity contribution < 1.29 is 9.35 Å². The molecule has 112 valence electrons. The molecule has 2 aromatic rings. The lowest BCUT2D eigenvalue weighted by atomic mass is 10.2. The molecule has 0 fully saturated rings. The second-order valence-electron chi connectivity index (χ2n) is 4.56. The van der Waals surface area contributed by atoms with Crippen LogP contribution in [0.4, 0.5) is 5.69 Å². The van der Waals surface area contributed by atoms with E-state index in [2.05, 4.69) is 11.9 Å². The summed E-state index contributed by atoms with van der Waals surface area (Å²) in [4.78, 5) is 12.6. The normalized spacial score (nSPS) is 12.0. The van der Waals surface area contributed by atoms with Gasteiger partial charge >= 0.3 is 0 Å². The average Bonchev–Trinajstić information content (AvgIpc) is 2.55. The van der Waals surface area contributed by atoms with Gasteiger partial charge in [0.05, 0.1) is 0 Å². The smallest absolute Gasteiger partial charge is 0.248 e. The Bertz CT molecular complexity index is 651. The monoisotopic (exact) mass is 311 g/mol. The zero-order chi connectivity index (χ0) is 15.8. The van der Waals surface area contributed by atoms with Crippen LogP contribution < -0.4 is 5.32 Å². The summed E-state index contributed by atoms with van der Waals surface area (Å²) in [7, 11) is 0. The zero-order valence-electron chi connectivity index (χ0n) is 12.1. The molecule has 0 aromatic heterocycles. The van der Waals surface area contributed by atoms with Gasteiger partial charge in [-0.2, -0.15) is 0 Å². The van der Waals surface area contributed by atoms with Gasteiger partial charge in [0.15, 0.2) is 4.90 Å². The van der Waals surface area contributed by atoms with Crippen molar-refractivity contribution in [3.05, 3.63) is 78.9 Å². The highest BCUT2D eigenvalue weighted by molar-refractivity contribution is 7.91. The fourth-order valence-electron chi connectivity index (χ4n) is 1.81. The minimum Gasteiger partial charge on any atom is -0.611 e. The molecule has 1 N–H and O–H groups in total. The van der Waals surface area contributed by atoms with Crippen LogP contribution in [0.1, 0.15) is 5.56 Å². The fraction of sp³-hybridized carbons (Fsp3) is 0.0556. The van der Waals surface area contributed by atoms with E-state index in [0.29, 0.717) is 11.4 Å². The molecule has 0 saturated carbocycles. The highest BCUT2D eigenvalue weighted by Crippen LogP contribution is 2.15. The summed E-state index contributed by atoms with van der Waals surface area (Å²) in [6.45, 7) is 3.57. The first kappa shape index (κ1) is 16.1. The standard InChI is InChI=1S/C18H17NO2S/c1-2-14-22(21)17-11-9-16(10-12-17)19-18(20)13-8-15-6-4-3-5-7-15/h2-13H,1,14H2,(H,19,20). The molecule has 0 aliphatic rings. The number of carbonyl (C=O) groups is 1. The van der Waals surface area contributed by atoms with Crippen LogP contribution in [-0.2, 0) is 16.0 Å². The summed E-state index contributed by atoms with van der Waals surface area (Å²) in [5.74, 6) is 0.217. The highest BCUT2D eigenvalue weighted by atomic mass is 32.2. The first-order chi connectivity index (χ1) is 10.7. The van der Waals surface area contributed by atoms with Gasteiger partial charge in [0.2, 0.25) is 5.91 Å². The Labute approximate surface area is 133 Å². The zero-order valence-corrected chi connectivity index (χ0v) is 12.9. The van der Waals surface area contributed by atoms with E-state index in [4.69, 9.17) is 0 Å². The van der Waals surface area contributed by atoms with E-state index in [1.54, 1.807) is 36.4 Å². The maximum atomic E-state index is 11.8. The lowest BCUT2D eigenvalue weighted by Gasteiger charge is -2.08. The van der Waals surface area contributed by atoms with Gasteiger partial charge in [0.1, 0.15) is 5.75 Å². The van der Waals surface area contributed by atoms with Crippen LogP contribution in [0.2, 0.25) is 0 Å². The third kappa shape index (κ3) is 4.91. The van der Waals surface area contributed by atoms with Crippen LogP contribution >= 0.6 is 0 Å². The Kier molecular flexibility index (Phi) is 6.01. The number of hydrogen-bond acceptors (Lipinski definition) is 2. The molecular weight excluding hydrogens is 294 g/mol. The van der Waals surface area contributed by atoms with E-state index in [9.17, 15) is 9.35 Å². The molecule has 0 spiro atoms. The van der Waals surface area contributed by atoms with E-state index in [-0.39, 0.29) is 5.91 Å². The minimum absolute atomic E-state index is 0.205. The lowest BCUT2D eigenvalue weighted by Crippen LogP contribution is -2.08. The third-order valence-electron chi connectivity index (χ3n) is 2.88. The molecule has 0 saturated heterocycles. The number of anilines is 1. The van der Waals surface area contributed by atoms with Gasteiger partial charge in [-0.05, 0) is 53.2 Å². The highest BCUT2D eigenvalue weighted by Gasteiger charge is 2.08. The van der Waals surface area contributed by atoms with Crippen molar-refractivity contribution in [1.29, 1.82) is 0 Å². The summed E-state index contributed by atoms with van der Waals surface area (Å²) >= 11 is -1.08. The van der Waals surface area contributed by atoms with Crippen LogP contribution in [0.5, 0.6) is 0 Å². The van der Waals surface area contributed by atoms with Crippen molar-refractivity contribution in [1.82, 2.24) is 0 Å². The summed E-state index contributed by atoms with van der Waals surface area (Å²) in [5, 5.41) is 2.77. The molecule has 4 heteroatoms. The topological polar surface area (TPSA) is 52.2 Å². The van der Waals surface area contributed by atoms with Crippen LogP contribution in [0.3, 0.4) is 0 Å². The van der Waals surface area contributed by atoms with Crippen LogP contribution in [0, 0.1) is 0 Å². The minimum atomic E-state index is -1.08. The van der Waals surface area contributed by atoms with Crippen LogP contribution in [0.15, 0.2) is 78.2 Å². The van der Waals surface area contributed by atoms with E-state index in [1.165, 1.54) is 6.08 Å². The summed E-state index contributed by atoms with van der Waals surface area (Å²) in [6.07, 6.45) is 4.86. The molecule has 0 bridgehead atoms. The second kappa shape index (κ2) is 8.22. The Hall–Kier alpha value is -2.30. The van der Waals surface area contributed by atoms with Crippen molar-refractivity contribution >= 4 is 28.8 Å². The first-order valence-corrected chi connectivity index (χ1v) is 8.14. The summed E-state index contributed by atoms with van der Waals surface area (Å²) in [6, 6.07) is 16.6. The quantitative estimate of drug-likeness (QED) is 0.503. The van der Waals surface area contributed by atoms with Gasteiger partial charge < -0.3 is 9.87 Å². The molecule has 0 aliphatic heterocycles.